The molecule has 0 aromatic heterocycles. The van der Waals surface area contributed by atoms with E-state index in [4.69, 9.17) is 5.73 Å². The van der Waals surface area contributed by atoms with Gasteiger partial charge >= 0.3 is 0 Å². The molecule has 0 saturated carbocycles. The second-order valence-electron chi connectivity index (χ2n) is 3.52. The van der Waals surface area contributed by atoms with Crippen molar-refractivity contribution in [3.05, 3.63) is 34.1 Å². The van der Waals surface area contributed by atoms with Gasteiger partial charge in [0.1, 0.15) is 5.82 Å². The molecule has 1 rings (SSSR count). The van der Waals surface area contributed by atoms with Crippen LogP contribution in [-0.2, 0) is 0 Å². The van der Waals surface area contributed by atoms with Gasteiger partial charge in [-0.25, -0.2) is 4.39 Å². The van der Waals surface area contributed by atoms with E-state index in [1.54, 1.807) is 12.1 Å². The molecule has 3 N–H and O–H groups in total. The van der Waals surface area contributed by atoms with Crippen molar-refractivity contribution in [1.29, 1.82) is 0 Å². The lowest BCUT2D eigenvalue weighted by molar-refractivity contribution is 0.109. The van der Waals surface area contributed by atoms with Gasteiger partial charge in [-0.15, -0.1) is 0 Å². The first kappa shape index (κ1) is 12.6. The van der Waals surface area contributed by atoms with Crippen molar-refractivity contribution in [3.8, 4) is 0 Å². The molecule has 4 heteroatoms. The van der Waals surface area contributed by atoms with E-state index in [1.807, 2.05) is 6.92 Å². The molecule has 84 valence electrons. The minimum absolute atomic E-state index is 0.0226. The van der Waals surface area contributed by atoms with Gasteiger partial charge in [-0.1, -0.05) is 13.0 Å². The summed E-state index contributed by atoms with van der Waals surface area (Å²) in [6.07, 6.45) is 0.0811. The van der Waals surface area contributed by atoms with Crippen molar-refractivity contribution in [2.75, 3.05) is 6.54 Å². The first-order valence-corrected chi connectivity index (χ1v) is 5.72. The SMILES string of the molecule is CCC(CN)C(O)c1ccc(Br)c(F)c1. The third-order valence-electron chi connectivity index (χ3n) is 2.56. The maximum absolute atomic E-state index is 13.2. The summed E-state index contributed by atoms with van der Waals surface area (Å²) in [5.41, 5.74) is 6.10. The molecule has 0 amide bonds. The van der Waals surface area contributed by atoms with Gasteiger partial charge in [0.15, 0.2) is 0 Å². The van der Waals surface area contributed by atoms with E-state index in [2.05, 4.69) is 15.9 Å². The molecule has 0 saturated heterocycles. The number of hydrogen-bond donors (Lipinski definition) is 2. The average Bonchev–Trinajstić information content (AvgIpc) is 2.23. The first-order chi connectivity index (χ1) is 7.10. The Morgan fingerprint density at radius 2 is 2.20 bits per heavy atom. The Labute approximate surface area is 97.4 Å². The molecule has 15 heavy (non-hydrogen) atoms. The van der Waals surface area contributed by atoms with Crippen LogP contribution < -0.4 is 5.73 Å². The Bertz CT molecular complexity index is 328. The van der Waals surface area contributed by atoms with Crippen molar-refractivity contribution in [2.45, 2.75) is 19.4 Å². The highest BCUT2D eigenvalue weighted by Gasteiger charge is 2.18. The fourth-order valence-corrected chi connectivity index (χ4v) is 1.73. The summed E-state index contributed by atoms with van der Waals surface area (Å²) in [4.78, 5) is 0. The smallest absolute Gasteiger partial charge is 0.137 e. The molecule has 0 bridgehead atoms. The second kappa shape index (κ2) is 5.58. The van der Waals surface area contributed by atoms with Crippen LogP contribution in [0.2, 0.25) is 0 Å². The molecule has 2 unspecified atom stereocenters. The highest BCUT2D eigenvalue weighted by atomic mass is 79.9. The topological polar surface area (TPSA) is 46.2 Å². The van der Waals surface area contributed by atoms with Gasteiger partial charge in [0, 0.05) is 5.92 Å². The molecule has 2 atom stereocenters. The van der Waals surface area contributed by atoms with Crippen LogP contribution >= 0.6 is 15.9 Å². The second-order valence-corrected chi connectivity index (χ2v) is 4.38. The fourth-order valence-electron chi connectivity index (χ4n) is 1.49. The van der Waals surface area contributed by atoms with Crippen LogP contribution in [0.5, 0.6) is 0 Å². The van der Waals surface area contributed by atoms with Gasteiger partial charge in [-0.05, 0) is 46.6 Å². The maximum Gasteiger partial charge on any atom is 0.137 e. The summed E-state index contributed by atoms with van der Waals surface area (Å²) in [5, 5.41) is 9.93. The van der Waals surface area contributed by atoms with E-state index in [0.29, 0.717) is 16.6 Å². The van der Waals surface area contributed by atoms with Crippen molar-refractivity contribution in [2.24, 2.45) is 11.7 Å². The first-order valence-electron chi connectivity index (χ1n) is 4.93. The van der Waals surface area contributed by atoms with E-state index in [0.717, 1.165) is 6.42 Å². The Morgan fingerprint density at radius 3 is 2.67 bits per heavy atom. The molecule has 0 radical (unpaired) electrons. The van der Waals surface area contributed by atoms with Crippen LogP contribution in [0.1, 0.15) is 25.0 Å². The predicted octanol–water partition coefficient (Wildman–Crippen LogP) is 2.61. The zero-order valence-corrected chi connectivity index (χ0v) is 10.2. The summed E-state index contributed by atoms with van der Waals surface area (Å²) in [6.45, 7) is 2.35. The highest BCUT2D eigenvalue weighted by Crippen LogP contribution is 2.26. The normalized spacial score (nSPS) is 15.0. The maximum atomic E-state index is 13.2. The molecule has 0 spiro atoms. The van der Waals surface area contributed by atoms with Crippen LogP contribution in [0.3, 0.4) is 0 Å². The van der Waals surface area contributed by atoms with Gasteiger partial charge in [0.25, 0.3) is 0 Å². The predicted molar refractivity (Wildman–Crippen MR) is 61.9 cm³/mol. The van der Waals surface area contributed by atoms with Crippen LogP contribution in [0, 0.1) is 11.7 Å². The fraction of sp³-hybridized carbons (Fsp3) is 0.455. The van der Waals surface area contributed by atoms with Crippen molar-refractivity contribution in [3.63, 3.8) is 0 Å². The Morgan fingerprint density at radius 1 is 1.53 bits per heavy atom. The zero-order chi connectivity index (χ0) is 11.4. The van der Waals surface area contributed by atoms with Crippen molar-refractivity contribution < 1.29 is 9.50 Å². The third-order valence-corrected chi connectivity index (χ3v) is 3.20. The number of benzene rings is 1. The monoisotopic (exact) mass is 275 g/mol. The molecule has 2 nitrogen and oxygen atoms in total. The molecular formula is C11H15BrFNO. The van der Waals surface area contributed by atoms with E-state index < -0.39 is 6.10 Å². The molecule has 0 aliphatic heterocycles. The lowest BCUT2D eigenvalue weighted by Gasteiger charge is -2.20. The zero-order valence-electron chi connectivity index (χ0n) is 8.58. The van der Waals surface area contributed by atoms with E-state index in [1.165, 1.54) is 6.07 Å². The van der Waals surface area contributed by atoms with Gasteiger partial charge < -0.3 is 10.8 Å². The quantitative estimate of drug-likeness (QED) is 0.888. The summed E-state index contributed by atoms with van der Waals surface area (Å²) in [7, 11) is 0. The van der Waals surface area contributed by atoms with Crippen LogP contribution in [0.25, 0.3) is 0 Å². The minimum Gasteiger partial charge on any atom is -0.388 e. The lowest BCUT2D eigenvalue weighted by Crippen LogP contribution is -2.21. The number of hydrogen-bond acceptors (Lipinski definition) is 2. The average molecular weight is 276 g/mol. The lowest BCUT2D eigenvalue weighted by atomic mass is 9.94. The number of rotatable bonds is 4. The molecule has 0 heterocycles. The largest absolute Gasteiger partial charge is 0.388 e. The number of aliphatic hydroxyl groups excluding tert-OH is 1. The number of aliphatic hydroxyl groups is 1. The number of halogens is 2. The van der Waals surface area contributed by atoms with Crippen molar-refractivity contribution in [1.82, 2.24) is 0 Å². The van der Waals surface area contributed by atoms with E-state index in [9.17, 15) is 9.50 Å². The Hall–Kier alpha value is -0.450. The molecular weight excluding hydrogens is 261 g/mol. The van der Waals surface area contributed by atoms with E-state index >= 15 is 0 Å². The van der Waals surface area contributed by atoms with Gasteiger partial charge in [0.2, 0.25) is 0 Å². The van der Waals surface area contributed by atoms with Gasteiger partial charge in [0.05, 0.1) is 10.6 Å². The summed E-state index contributed by atoms with van der Waals surface area (Å²) in [6, 6.07) is 4.64. The van der Waals surface area contributed by atoms with Crippen LogP contribution in [0.15, 0.2) is 22.7 Å². The summed E-state index contributed by atoms with van der Waals surface area (Å²) >= 11 is 3.07. The van der Waals surface area contributed by atoms with Crippen LogP contribution in [-0.4, -0.2) is 11.7 Å². The standard InChI is InChI=1S/C11H15BrFNO/c1-2-7(6-14)11(15)8-3-4-9(12)10(13)5-8/h3-5,7,11,15H,2,6,14H2,1H3. The minimum atomic E-state index is -0.692. The summed E-state index contributed by atoms with van der Waals surface area (Å²) < 4.78 is 13.6. The number of nitrogens with two attached hydrogens (primary N) is 1. The van der Waals surface area contributed by atoms with Crippen molar-refractivity contribution >= 4 is 15.9 Å². The highest BCUT2D eigenvalue weighted by molar-refractivity contribution is 9.10. The molecule has 1 aromatic carbocycles. The van der Waals surface area contributed by atoms with Gasteiger partial charge in [-0.2, -0.15) is 0 Å². The molecule has 0 fully saturated rings. The van der Waals surface area contributed by atoms with E-state index in [-0.39, 0.29) is 11.7 Å². The molecule has 0 aliphatic carbocycles. The molecule has 1 aromatic rings. The van der Waals surface area contributed by atoms with Gasteiger partial charge in [-0.3, -0.25) is 0 Å². The van der Waals surface area contributed by atoms with Crippen LogP contribution in [0.4, 0.5) is 4.39 Å². The summed E-state index contributed by atoms with van der Waals surface area (Å²) in [5.74, 6) is -0.385. The molecule has 0 aliphatic rings. The Kier molecular flexibility index (Phi) is 4.70. The Balaban J connectivity index is 2.90. The third kappa shape index (κ3) is 3.00.